The van der Waals surface area contributed by atoms with Gasteiger partial charge in [-0.15, -0.1) is 0 Å². The van der Waals surface area contributed by atoms with E-state index in [9.17, 15) is 13.2 Å². The van der Waals surface area contributed by atoms with Gasteiger partial charge >= 0.3 is 0 Å². The van der Waals surface area contributed by atoms with E-state index in [2.05, 4.69) is 10.4 Å². The molecule has 0 atom stereocenters. The van der Waals surface area contributed by atoms with E-state index in [0.717, 1.165) is 5.56 Å². The molecule has 33 heavy (non-hydrogen) atoms. The van der Waals surface area contributed by atoms with Crippen molar-refractivity contribution in [2.24, 2.45) is 0 Å². The smallest absolute Gasteiger partial charge is 0.256 e. The topological polar surface area (TPSA) is 103 Å². The van der Waals surface area contributed by atoms with Gasteiger partial charge < -0.3 is 14.8 Å². The first-order valence-corrected chi connectivity index (χ1v) is 11.9. The van der Waals surface area contributed by atoms with Gasteiger partial charge in [0, 0.05) is 30.3 Å². The van der Waals surface area contributed by atoms with Gasteiger partial charge in [0.1, 0.15) is 5.82 Å². The molecule has 0 saturated heterocycles. The molecular formula is C23H28N4O5S. The van der Waals surface area contributed by atoms with Crippen molar-refractivity contribution in [1.82, 2.24) is 14.1 Å². The Morgan fingerprint density at radius 2 is 1.73 bits per heavy atom. The lowest BCUT2D eigenvalue weighted by atomic mass is 10.2. The number of nitrogens with one attached hydrogen (secondary N) is 1. The zero-order valence-electron chi connectivity index (χ0n) is 19.1. The first-order valence-electron chi connectivity index (χ1n) is 10.5. The molecule has 3 aromatic rings. The Balaban J connectivity index is 1.78. The van der Waals surface area contributed by atoms with Crippen LogP contribution in [0.3, 0.4) is 0 Å². The third-order valence-electron chi connectivity index (χ3n) is 5.22. The molecule has 0 saturated carbocycles. The number of ether oxygens (including phenoxy) is 2. The van der Waals surface area contributed by atoms with Gasteiger partial charge in [0.2, 0.25) is 10.0 Å². The van der Waals surface area contributed by atoms with E-state index in [1.165, 1.54) is 28.6 Å². The van der Waals surface area contributed by atoms with Crippen LogP contribution in [0.25, 0.3) is 0 Å². The van der Waals surface area contributed by atoms with Crippen molar-refractivity contribution in [1.29, 1.82) is 0 Å². The minimum Gasteiger partial charge on any atom is -0.493 e. The first kappa shape index (κ1) is 24.3. The van der Waals surface area contributed by atoms with Crippen LogP contribution in [0.5, 0.6) is 11.5 Å². The summed E-state index contributed by atoms with van der Waals surface area (Å²) in [5.41, 5.74) is 1.17. The number of anilines is 1. The summed E-state index contributed by atoms with van der Waals surface area (Å²) in [4.78, 5) is 12.9. The van der Waals surface area contributed by atoms with E-state index in [1.807, 2.05) is 12.1 Å². The fourth-order valence-electron chi connectivity index (χ4n) is 3.48. The predicted molar refractivity (Wildman–Crippen MR) is 125 cm³/mol. The molecule has 176 valence electrons. The number of carbonyl (C=O) groups excluding carboxylic acids is 1. The fraction of sp³-hybridized carbons (Fsp3) is 0.304. The van der Waals surface area contributed by atoms with E-state index < -0.39 is 10.0 Å². The molecule has 0 aliphatic carbocycles. The number of aromatic nitrogens is 2. The van der Waals surface area contributed by atoms with Gasteiger partial charge in [-0.05, 0) is 30.3 Å². The molecule has 1 N–H and O–H groups in total. The van der Waals surface area contributed by atoms with Crippen LogP contribution in [-0.4, -0.2) is 55.7 Å². The minimum absolute atomic E-state index is 0.151. The summed E-state index contributed by atoms with van der Waals surface area (Å²) in [5.74, 6) is 1.32. The molecule has 0 aliphatic rings. The zero-order valence-corrected chi connectivity index (χ0v) is 19.9. The SMILES string of the molecule is CCN(CC)S(=O)(=O)c1ccc(C(=O)Nc2ccnn2Cc2cccc(OC)c2OC)cc1. The minimum atomic E-state index is -3.58. The van der Waals surface area contributed by atoms with Gasteiger partial charge in [-0.1, -0.05) is 26.0 Å². The molecule has 2 aromatic carbocycles. The van der Waals surface area contributed by atoms with Crippen molar-refractivity contribution in [2.75, 3.05) is 32.6 Å². The normalized spacial score (nSPS) is 11.4. The molecule has 0 unspecified atom stereocenters. The number of amides is 1. The van der Waals surface area contributed by atoms with Gasteiger partial charge in [-0.25, -0.2) is 13.1 Å². The Morgan fingerprint density at radius 1 is 1.03 bits per heavy atom. The maximum absolute atomic E-state index is 12.8. The number of hydrogen-bond acceptors (Lipinski definition) is 6. The zero-order chi connectivity index (χ0) is 24.0. The average molecular weight is 473 g/mol. The monoisotopic (exact) mass is 472 g/mol. The van der Waals surface area contributed by atoms with E-state index >= 15 is 0 Å². The van der Waals surface area contributed by atoms with Gasteiger partial charge in [0.15, 0.2) is 11.5 Å². The third-order valence-corrected chi connectivity index (χ3v) is 7.29. The predicted octanol–water partition coefficient (Wildman–Crippen LogP) is 3.23. The highest BCUT2D eigenvalue weighted by Gasteiger charge is 2.22. The van der Waals surface area contributed by atoms with E-state index in [0.29, 0.717) is 42.5 Å². The second-order valence-electron chi connectivity index (χ2n) is 7.09. The Kier molecular flexibility index (Phi) is 7.72. The maximum Gasteiger partial charge on any atom is 0.256 e. The Labute approximate surface area is 194 Å². The maximum atomic E-state index is 12.8. The van der Waals surface area contributed by atoms with Crippen molar-refractivity contribution in [2.45, 2.75) is 25.3 Å². The van der Waals surface area contributed by atoms with Crippen LogP contribution in [0.1, 0.15) is 29.8 Å². The lowest BCUT2D eigenvalue weighted by Gasteiger charge is -2.18. The molecule has 0 spiro atoms. The van der Waals surface area contributed by atoms with E-state index in [4.69, 9.17) is 9.47 Å². The van der Waals surface area contributed by atoms with Gasteiger partial charge in [0.05, 0.1) is 31.9 Å². The standard InChI is InChI=1S/C23H28N4O5S/c1-5-26(6-2)33(29,30)19-12-10-17(11-13-19)23(28)25-21-14-15-24-27(21)16-18-8-7-9-20(31-3)22(18)32-4/h7-15H,5-6,16H2,1-4H3,(H,25,28). The Morgan fingerprint density at radius 3 is 2.33 bits per heavy atom. The molecule has 9 nitrogen and oxygen atoms in total. The van der Waals surface area contributed by atoms with Crippen LogP contribution >= 0.6 is 0 Å². The van der Waals surface area contributed by atoms with Crippen molar-refractivity contribution in [3.8, 4) is 11.5 Å². The number of para-hydroxylation sites is 1. The van der Waals surface area contributed by atoms with E-state index in [1.54, 1.807) is 51.1 Å². The van der Waals surface area contributed by atoms with Crippen molar-refractivity contribution < 1.29 is 22.7 Å². The Hall–Kier alpha value is -3.37. The third kappa shape index (κ3) is 5.18. The molecule has 0 aliphatic heterocycles. The quantitative estimate of drug-likeness (QED) is 0.486. The second kappa shape index (κ2) is 10.5. The van der Waals surface area contributed by atoms with Crippen LogP contribution in [0.2, 0.25) is 0 Å². The summed E-state index contributed by atoms with van der Waals surface area (Å²) in [6.45, 7) is 4.68. The Bertz CT molecular complexity index is 1200. The number of sulfonamides is 1. The molecule has 0 fully saturated rings. The molecule has 1 aromatic heterocycles. The molecule has 0 radical (unpaired) electrons. The highest BCUT2D eigenvalue weighted by molar-refractivity contribution is 7.89. The average Bonchev–Trinajstić information content (AvgIpc) is 3.25. The molecule has 0 bridgehead atoms. The second-order valence-corrected chi connectivity index (χ2v) is 9.03. The summed E-state index contributed by atoms with van der Waals surface area (Å²) in [7, 11) is -0.446. The lowest BCUT2D eigenvalue weighted by molar-refractivity contribution is 0.102. The fourth-order valence-corrected chi connectivity index (χ4v) is 4.94. The number of nitrogens with zero attached hydrogens (tertiary/aromatic N) is 3. The number of rotatable bonds is 10. The summed E-state index contributed by atoms with van der Waals surface area (Å²) in [5, 5.41) is 7.12. The van der Waals surface area contributed by atoms with Crippen LogP contribution in [-0.2, 0) is 16.6 Å². The summed E-state index contributed by atoms with van der Waals surface area (Å²) in [6, 6.07) is 13.1. The van der Waals surface area contributed by atoms with Crippen LogP contribution < -0.4 is 14.8 Å². The van der Waals surface area contributed by atoms with Crippen LogP contribution in [0, 0.1) is 0 Å². The molecule has 1 amide bonds. The highest BCUT2D eigenvalue weighted by Crippen LogP contribution is 2.31. The number of benzene rings is 2. The van der Waals surface area contributed by atoms with Gasteiger partial charge in [0.25, 0.3) is 5.91 Å². The van der Waals surface area contributed by atoms with Gasteiger partial charge in [-0.3, -0.25) is 4.79 Å². The summed E-state index contributed by atoms with van der Waals surface area (Å²) < 4.78 is 39.1. The van der Waals surface area contributed by atoms with Crippen LogP contribution in [0.15, 0.2) is 59.6 Å². The molecule has 3 rings (SSSR count). The largest absolute Gasteiger partial charge is 0.493 e. The van der Waals surface area contributed by atoms with Crippen molar-refractivity contribution >= 4 is 21.7 Å². The molecule has 1 heterocycles. The van der Waals surface area contributed by atoms with Crippen LogP contribution in [0.4, 0.5) is 5.82 Å². The molecular weight excluding hydrogens is 444 g/mol. The number of carbonyl (C=O) groups is 1. The van der Waals surface area contributed by atoms with Crippen molar-refractivity contribution in [3.63, 3.8) is 0 Å². The van der Waals surface area contributed by atoms with Gasteiger partial charge in [-0.2, -0.15) is 9.40 Å². The molecule has 10 heteroatoms. The lowest BCUT2D eigenvalue weighted by Crippen LogP contribution is -2.30. The summed E-state index contributed by atoms with van der Waals surface area (Å²) >= 11 is 0. The number of methoxy groups -OCH3 is 2. The van der Waals surface area contributed by atoms with E-state index in [-0.39, 0.29) is 10.8 Å². The summed E-state index contributed by atoms with van der Waals surface area (Å²) in [6.07, 6.45) is 1.59. The van der Waals surface area contributed by atoms with Crippen molar-refractivity contribution in [3.05, 3.63) is 65.9 Å². The highest BCUT2D eigenvalue weighted by atomic mass is 32.2. The number of hydrogen-bond donors (Lipinski definition) is 1. The first-order chi connectivity index (χ1) is 15.8.